The van der Waals surface area contributed by atoms with Gasteiger partial charge in [-0.1, -0.05) is 12.1 Å². The molecule has 0 radical (unpaired) electrons. The fourth-order valence-electron chi connectivity index (χ4n) is 3.00. The third-order valence-electron chi connectivity index (χ3n) is 4.25. The second-order valence-electron chi connectivity index (χ2n) is 6.10. The summed E-state index contributed by atoms with van der Waals surface area (Å²) in [5.41, 5.74) is 1.74. The molecule has 1 aliphatic heterocycles. The Morgan fingerprint density at radius 3 is 2.70 bits per heavy atom. The number of hydrogen-bond acceptors (Lipinski definition) is 3. The summed E-state index contributed by atoms with van der Waals surface area (Å²) >= 11 is 0. The molecule has 1 heterocycles. The number of carbonyl (C=O) groups excluding carboxylic acids is 1. The number of nitrogens with zero attached hydrogens (tertiary/aromatic N) is 2. The average molecular weight is 273 g/mol. The van der Waals surface area contributed by atoms with Crippen LogP contribution in [0.1, 0.15) is 29.6 Å². The Labute approximate surface area is 120 Å². The quantitative estimate of drug-likeness (QED) is 0.907. The third kappa shape index (κ3) is 2.80. The van der Waals surface area contributed by atoms with Crippen molar-refractivity contribution in [2.75, 3.05) is 32.1 Å². The molecule has 0 spiro atoms. The van der Waals surface area contributed by atoms with E-state index >= 15 is 0 Å². The second-order valence-corrected chi connectivity index (χ2v) is 6.10. The van der Waals surface area contributed by atoms with Gasteiger partial charge in [0, 0.05) is 45.0 Å². The minimum absolute atomic E-state index is 0.0527. The fraction of sp³-hybridized carbons (Fsp3) is 0.562. The standard InChI is InChI=1S/C16H23N3O/c1-18(2)15-6-4-3-5-14(15)16(20)17-12-9-10-19(11-12)13-7-8-13/h3-6,12-13H,7-11H2,1-2H3,(H,17,20). The molecule has 1 aromatic carbocycles. The highest BCUT2D eigenvalue weighted by atomic mass is 16.1. The Kier molecular flexibility index (Phi) is 3.66. The van der Waals surface area contributed by atoms with Crippen LogP contribution in [0.4, 0.5) is 5.69 Å². The smallest absolute Gasteiger partial charge is 0.253 e. The molecule has 2 aliphatic rings. The van der Waals surface area contributed by atoms with Gasteiger partial charge in [-0.15, -0.1) is 0 Å². The highest BCUT2D eigenvalue weighted by Gasteiger charge is 2.34. The van der Waals surface area contributed by atoms with Crippen molar-refractivity contribution in [3.63, 3.8) is 0 Å². The Morgan fingerprint density at radius 1 is 1.25 bits per heavy atom. The van der Waals surface area contributed by atoms with Crippen LogP contribution in [0.2, 0.25) is 0 Å². The van der Waals surface area contributed by atoms with Crippen LogP contribution in [0.3, 0.4) is 0 Å². The summed E-state index contributed by atoms with van der Waals surface area (Å²) in [5, 5.41) is 3.20. The first-order valence-electron chi connectivity index (χ1n) is 7.46. The molecular formula is C16H23N3O. The topological polar surface area (TPSA) is 35.6 Å². The lowest BCUT2D eigenvalue weighted by Crippen LogP contribution is -2.38. The monoisotopic (exact) mass is 273 g/mol. The number of carbonyl (C=O) groups is 1. The number of benzene rings is 1. The number of hydrogen-bond donors (Lipinski definition) is 1. The predicted molar refractivity (Wildman–Crippen MR) is 81.2 cm³/mol. The van der Waals surface area contributed by atoms with Crippen LogP contribution in [0.25, 0.3) is 0 Å². The van der Waals surface area contributed by atoms with E-state index in [1.165, 1.54) is 12.8 Å². The highest BCUT2D eigenvalue weighted by molar-refractivity contribution is 5.99. The number of likely N-dealkylation sites (tertiary alicyclic amines) is 1. The van der Waals surface area contributed by atoms with Crippen molar-refractivity contribution in [1.29, 1.82) is 0 Å². The van der Waals surface area contributed by atoms with Crippen LogP contribution >= 0.6 is 0 Å². The maximum absolute atomic E-state index is 12.5. The second kappa shape index (κ2) is 5.44. The summed E-state index contributed by atoms with van der Waals surface area (Å²) in [5.74, 6) is 0.0527. The molecule has 3 rings (SSSR count). The molecule has 1 saturated carbocycles. The van der Waals surface area contributed by atoms with E-state index < -0.39 is 0 Å². The average Bonchev–Trinajstić information content (AvgIpc) is 3.19. The first kappa shape index (κ1) is 13.4. The van der Waals surface area contributed by atoms with Crippen molar-refractivity contribution in [3.05, 3.63) is 29.8 Å². The molecule has 1 atom stereocenters. The minimum atomic E-state index is 0.0527. The van der Waals surface area contributed by atoms with E-state index in [4.69, 9.17) is 0 Å². The van der Waals surface area contributed by atoms with E-state index in [1.807, 2.05) is 43.3 Å². The highest BCUT2D eigenvalue weighted by Crippen LogP contribution is 2.30. The lowest BCUT2D eigenvalue weighted by atomic mass is 10.1. The molecule has 4 heteroatoms. The number of anilines is 1. The lowest BCUT2D eigenvalue weighted by molar-refractivity contribution is 0.0938. The molecule has 1 amide bonds. The zero-order valence-corrected chi connectivity index (χ0v) is 12.3. The van der Waals surface area contributed by atoms with E-state index in [-0.39, 0.29) is 5.91 Å². The van der Waals surface area contributed by atoms with E-state index in [2.05, 4.69) is 10.2 Å². The zero-order chi connectivity index (χ0) is 14.1. The number of amides is 1. The van der Waals surface area contributed by atoms with E-state index in [1.54, 1.807) is 0 Å². The van der Waals surface area contributed by atoms with Gasteiger partial charge in [-0.2, -0.15) is 0 Å². The maximum Gasteiger partial charge on any atom is 0.253 e. The van der Waals surface area contributed by atoms with Gasteiger partial charge in [0.2, 0.25) is 0 Å². The molecule has 0 bridgehead atoms. The van der Waals surface area contributed by atoms with Crippen LogP contribution in [0.15, 0.2) is 24.3 Å². The molecule has 4 nitrogen and oxygen atoms in total. The van der Waals surface area contributed by atoms with Crippen molar-refractivity contribution >= 4 is 11.6 Å². The molecule has 20 heavy (non-hydrogen) atoms. The van der Waals surface area contributed by atoms with E-state index in [9.17, 15) is 4.79 Å². The third-order valence-corrected chi connectivity index (χ3v) is 4.25. The van der Waals surface area contributed by atoms with E-state index in [0.29, 0.717) is 6.04 Å². The molecule has 1 aromatic rings. The van der Waals surface area contributed by atoms with Crippen molar-refractivity contribution in [2.24, 2.45) is 0 Å². The fourth-order valence-corrected chi connectivity index (χ4v) is 3.00. The summed E-state index contributed by atoms with van der Waals surface area (Å²) in [6.07, 6.45) is 3.75. The van der Waals surface area contributed by atoms with Crippen LogP contribution < -0.4 is 10.2 Å². The summed E-state index contributed by atoms with van der Waals surface area (Å²) < 4.78 is 0. The van der Waals surface area contributed by atoms with Gasteiger partial charge >= 0.3 is 0 Å². The summed E-state index contributed by atoms with van der Waals surface area (Å²) in [6, 6.07) is 8.88. The van der Waals surface area contributed by atoms with Crippen molar-refractivity contribution < 1.29 is 4.79 Å². The van der Waals surface area contributed by atoms with Crippen LogP contribution in [0.5, 0.6) is 0 Å². The Balaban J connectivity index is 1.64. The van der Waals surface area contributed by atoms with Gasteiger partial charge in [0.25, 0.3) is 5.91 Å². The van der Waals surface area contributed by atoms with Gasteiger partial charge in [-0.05, 0) is 31.4 Å². The Hall–Kier alpha value is -1.55. The SMILES string of the molecule is CN(C)c1ccccc1C(=O)NC1CCN(C2CC2)C1. The van der Waals surface area contributed by atoms with Crippen LogP contribution in [-0.4, -0.2) is 50.1 Å². The van der Waals surface area contributed by atoms with Gasteiger partial charge in [0.15, 0.2) is 0 Å². The van der Waals surface area contributed by atoms with Gasteiger partial charge in [0.05, 0.1) is 5.56 Å². The minimum Gasteiger partial charge on any atom is -0.377 e. The predicted octanol–water partition coefficient (Wildman–Crippen LogP) is 1.72. The number of nitrogens with one attached hydrogen (secondary N) is 1. The molecule has 1 N–H and O–H groups in total. The first-order chi connectivity index (χ1) is 9.65. The largest absolute Gasteiger partial charge is 0.377 e. The van der Waals surface area contributed by atoms with E-state index in [0.717, 1.165) is 36.8 Å². The number of para-hydroxylation sites is 1. The van der Waals surface area contributed by atoms with Gasteiger partial charge < -0.3 is 10.2 Å². The molecule has 0 aromatic heterocycles. The van der Waals surface area contributed by atoms with Gasteiger partial charge in [0.1, 0.15) is 0 Å². The first-order valence-corrected chi connectivity index (χ1v) is 7.46. The normalized spacial score (nSPS) is 22.8. The zero-order valence-electron chi connectivity index (χ0n) is 12.3. The summed E-state index contributed by atoms with van der Waals surface area (Å²) in [4.78, 5) is 17.0. The molecule has 1 unspecified atom stereocenters. The van der Waals surface area contributed by atoms with Crippen LogP contribution in [-0.2, 0) is 0 Å². The molecule has 1 saturated heterocycles. The maximum atomic E-state index is 12.5. The Morgan fingerprint density at radius 2 is 2.00 bits per heavy atom. The summed E-state index contributed by atoms with van der Waals surface area (Å²) in [6.45, 7) is 2.14. The molecular weight excluding hydrogens is 250 g/mol. The van der Waals surface area contributed by atoms with Crippen molar-refractivity contribution in [1.82, 2.24) is 10.2 Å². The van der Waals surface area contributed by atoms with Gasteiger partial charge in [-0.25, -0.2) is 0 Å². The van der Waals surface area contributed by atoms with Crippen LogP contribution in [0, 0.1) is 0 Å². The van der Waals surface area contributed by atoms with Crippen molar-refractivity contribution in [2.45, 2.75) is 31.3 Å². The molecule has 108 valence electrons. The Bertz CT molecular complexity index is 496. The molecule has 1 aliphatic carbocycles. The van der Waals surface area contributed by atoms with Crippen molar-refractivity contribution in [3.8, 4) is 0 Å². The lowest BCUT2D eigenvalue weighted by Gasteiger charge is -2.19. The van der Waals surface area contributed by atoms with Gasteiger partial charge in [-0.3, -0.25) is 9.69 Å². The summed E-state index contributed by atoms with van der Waals surface area (Å²) in [7, 11) is 3.94. The number of rotatable bonds is 4. The molecule has 2 fully saturated rings.